The molecule has 0 fully saturated rings. The minimum absolute atomic E-state index is 0.606. The normalized spacial score (nSPS) is 15.3. The van der Waals surface area contributed by atoms with Crippen LogP contribution in [0.15, 0.2) is 24.3 Å². The van der Waals surface area contributed by atoms with Gasteiger partial charge in [-0.1, -0.05) is 38.1 Å². The molecule has 0 saturated carbocycles. The Morgan fingerprint density at radius 2 is 1.93 bits per heavy atom. The molecule has 0 spiro atoms. The summed E-state index contributed by atoms with van der Waals surface area (Å²) in [5.41, 5.74) is 1.43. The van der Waals surface area contributed by atoms with Crippen molar-refractivity contribution in [2.75, 3.05) is 14.1 Å². The molecule has 0 N–H and O–H groups in total. The molecule has 84 valence electrons. The van der Waals surface area contributed by atoms with Crippen molar-refractivity contribution in [2.24, 2.45) is 0 Å². The maximum atomic E-state index is 6.51. The Labute approximate surface area is 99.4 Å². The number of hydrogen-bond acceptors (Lipinski definition) is 1. The first-order valence-electron chi connectivity index (χ1n) is 5.47. The van der Waals surface area contributed by atoms with Gasteiger partial charge in [0.15, 0.2) is 0 Å². The highest BCUT2D eigenvalue weighted by molar-refractivity contribution is 7.12. The summed E-state index contributed by atoms with van der Waals surface area (Å²) in [6.07, 6.45) is 1.17. The molecule has 2 unspecified atom stereocenters. The van der Waals surface area contributed by atoms with Crippen LogP contribution in [0.4, 0.5) is 0 Å². The van der Waals surface area contributed by atoms with Crippen molar-refractivity contribution in [3.8, 4) is 0 Å². The third-order valence-corrected chi connectivity index (χ3v) is 6.67. The van der Waals surface area contributed by atoms with Crippen LogP contribution in [0.5, 0.6) is 0 Å². The molecule has 2 atom stereocenters. The maximum absolute atomic E-state index is 6.51. The molecular formula is C12H20ClNSi. The summed E-state index contributed by atoms with van der Waals surface area (Å²) >= 11 is 6.51. The minimum atomic E-state index is -1.44. The van der Waals surface area contributed by atoms with E-state index in [4.69, 9.17) is 11.1 Å². The Hall–Kier alpha value is -0.313. The Kier molecular flexibility index (Phi) is 4.83. The molecule has 0 amide bonds. The Balaban J connectivity index is 3.06. The van der Waals surface area contributed by atoms with Gasteiger partial charge in [0.1, 0.15) is 0 Å². The van der Waals surface area contributed by atoms with Gasteiger partial charge in [0.25, 0.3) is 0 Å². The lowest BCUT2D eigenvalue weighted by Crippen LogP contribution is -2.41. The third kappa shape index (κ3) is 3.07. The van der Waals surface area contributed by atoms with E-state index in [2.05, 4.69) is 56.8 Å². The zero-order valence-electron chi connectivity index (χ0n) is 10.00. The second-order valence-corrected chi connectivity index (χ2v) is 7.80. The van der Waals surface area contributed by atoms with Crippen LogP contribution in [0.2, 0.25) is 0 Å². The Bertz CT molecular complexity index is 314. The molecule has 1 aromatic rings. The molecule has 0 aromatic heterocycles. The lowest BCUT2D eigenvalue weighted by atomic mass is 9.99. The predicted molar refractivity (Wildman–Crippen MR) is 71.5 cm³/mol. The van der Waals surface area contributed by atoms with Crippen LogP contribution in [0.3, 0.4) is 0 Å². The topological polar surface area (TPSA) is 3.24 Å². The van der Waals surface area contributed by atoms with E-state index in [1.165, 1.54) is 17.2 Å². The van der Waals surface area contributed by atoms with Crippen molar-refractivity contribution in [3.05, 3.63) is 29.8 Å². The average Bonchev–Trinajstić information content (AvgIpc) is 2.27. The molecule has 0 heterocycles. The molecule has 0 aliphatic rings. The highest BCUT2D eigenvalue weighted by atomic mass is 35.6. The highest BCUT2D eigenvalue weighted by Crippen LogP contribution is 2.17. The number of rotatable bonds is 4. The van der Waals surface area contributed by atoms with Gasteiger partial charge in [0.2, 0.25) is 8.27 Å². The van der Waals surface area contributed by atoms with Crippen LogP contribution in [-0.2, 0) is 0 Å². The molecule has 3 heteroatoms. The summed E-state index contributed by atoms with van der Waals surface area (Å²) in [7, 11) is 2.70. The number of halogens is 1. The molecule has 0 aliphatic heterocycles. The predicted octanol–water partition coefficient (Wildman–Crippen LogP) is 2.43. The van der Waals surface area contributed by atoms with Crippen LogP contribution in [0, 0.1) is 0 Å². The van der Waals surface area contributed by atoms with Crippen molar-refractivity contribution in [2.45, 2.75) is 26.2 Å². The minimum Gasteiger partial charge on any atom is -0.316 e. The van der Waals surface area contributed by atoms with Crippen molar-refractivity contribution < 1.29 is 0 Å². The van der Waals surface area contributed by atoms with E-state index in [9.17, 15) is 0 Å². The summed E-state index contributed by atoms with van der Waals surface area (Å²) in [4.78, 5) is 0. The monoisotopic (exact) mass is 241 g/mol. The van der Waals surface area contributed by atoms with Crippen molar-refractivity contribution in [3.63, 3.8) is 0 Å². The molecule has 1 aromatic carbocycles. The van der Waals surface area contributed by atoms with Crippen LogP contribution < -0.4 is 5.19 Å². The zero-order valence-corrected chi connectivity index (χ0v) is 11.9. The second-order valence-electron chi connectivity index (χ2n) is 4.24. The number of hydrogen-bond donors (Lipinski definition) is 0. The van der Waals surface area contributed by atoms with E-state index >= 15 is 0 Å². The first kappa shape index (κ1) is 12.8. The molecule has 0 aliphatic carbocycles. The van der Waals surface area contributed by atoms with E-state index in [0.717, 1.165) is 0 Å². The molecule has 0 radical (unpaired) electrons. The van der Waals surface area contributed by atoms with Crippen molar-refractivity contribution in [1.29, 1.82) is 0 Å². The van der Waals surface area contributed by atoms with E-state index < -0.39 is 8.27 Å². The maximum Gasteiger partial charge on any atom is 0.244 e. The summed E-state index contributed by atoms with van der Waals surface area (Å²) in [5, 5.41) is 1.37. The first-order valence-corrected chi connectivity index (χ1v) is 8.31. The van der Waals surface area contributed by atoms with Gasteiger partial charge in [0.05, 0.1) is 0 Å². The smallest absolute Gasteiger partial charge is 0.244 e. The Morgan fingerprint density at radius 3 is 2.47 bits per heavy atom. The molecule has 1 nitrogen and oxygen atoms in total. The van der Waals surface area contributed by atoms with Crippen molar-refractivity contribution in [1.82, 2.24) is 4.57 Å². The molecular weight excluding hydrogens is 222 g/mol. The van der Waals surface area contributed by atoms with E-state index in [-0.39, 0.29) is 0 Å². The van der Waals surface area contributed by atoms with E-state index in [0.29, 0.717) is 5.92 Å². The Morgan fingerprint density at radius 1 is 1.33 bits per heavy atom. The van der Waals surface area contributed by atoms with Gasteiger partial charge < -0.3 is 4.57 Å². The van der Waals surface area contributed by atoms with E-state index in [1.807, 2.05) is 0 Å². The standard InChI is InChI=1S/C12H20ClNSi/c1-5-10(2)11-8-6-7-9-12(11)15(13)14(3)4/h6-10,15H,5H2,1-4H3. The molecule has 15 heavy (non-hydrogen) atoms. The third-order valence-electron chi connectivity index (χ3n) is 2.85. The van der Waals surface area contributed by atoms with Crippen LogP contribution in [0.25, 0.3) is 0 Å². The van der Waals surface area contributed by atoms with Crippen LogP contribution >= 0.6 is 11.1 Å². The summed E-state index contributed by atoms with van der Waals surface area (Å²) in [5.74, 6) is 0.606. The van der Waals surface area contributed by atoms with Gasteiger partial charge >= 0.3 is 0 Å². The van der Waals surface area contributed by atoms with Crippen molar-refractivity contribution >= 4 is 24.5 Å². The molecule has 1 rings (SSSR count). The number of nitrogens with zero attached hydrogens (tertiary/aromatic N) is 1. The SMILES string of the molecule is CCC(C)c1ccccc1[SiH](Cl)N(C)C. The fourth-order valence-electron chi connectivity index (χ4n) is 1.67. The zero-order chi connectivity index (χ0) is 11.4. The molecule has 0 bridgehead atoms. The average molecular weight is 242 g/mol. The molecule has 0 saturated heterocycles. The summed E-state index contributed by atoms with van der Waals surface area (Å²) in [6.45, 7) is 4.49. The van der Waals surface area contributed by atoms with Gasteiger partial charge in [-0.15, -0.1) is 11.1 Å². The van der Waals surface area contributed by atoms with Crippen LogP contribution in [-0.4, -0.2) is 26.9 Å². The largest absolute Gasteiger partial charge is 0.316 e. The van der Waals surface area contributed by atoms with Gasteiger partial charge in [-0.05, 0) is 37.2 Å². The highest BCUT2D eigenvalue weighted by Gasteiger charge is 2.18. The lowest BCUT2D eigenvalue weighted by Gasteiger charge is -2.21. The first-order chi connectivity index (χ1) is 7.07. The summed E-state index contributed by atoms with van der Waals surface area (Å²) in [6, 6.07) is 8.60. The van der Waals surface area contributed by atoms with Gasteiger partial charge in [-0.25, -0.2) is 0 Å². The lowest BCUT2D eigenvalue weighted by molar-refractivity contribution is 0.661. The second kappa shape index (κ2) is 5.68. The fourth-order valence-corrected chi connectivity index (χ4v) is 3.75. The van der Waals surface area contributed by atoms with Gasteiger partial charge in [0, 0.05) is 0 Å². The van der Waals surface area contributed by atoms with E-state index in [1.54, 1.807) is 0 Å². The van der Waals surface area contributed by atoms with Gasteiger partial charge in [-0.2, -0.15) is 0 Å². The van der Waals surface area contributed by atoms with Gasteiger partial charge in [-0.3, -0.25) is 0 Å². The fraction of sp³-hybridized carbons (Fsp3) is 0.500. The quantitative estimate of drug-likeness (QED) is 0.578. The number of benzene rings is 1. The van der Waals surface area contributed by atoms with Crippen LogP contribution in [0.1, 0.15) is 31.7 Å². The summed E-state index contributed by atoms with van der Waals surface area (Å²) < 4.78 is 2.17.